The molecule has 2 heterocycles. The molecule has 0 saturated carbocycles. The number of carbonyl (C=O) groups is 1. The smallest absolute Gasteiger partial charge is 0.273 e. The topological polar surface area (TPSA) is 91.4 Å². The number of anilines is 1. The SMILES string of the molecule is COc1cccc(N2CCN(C(=O)CCc3nnc(-c4ccc(C)cc4)[nH]c3=O)CC2)c1. The van der Waals surface area contributed by atoms with Gasteiger partial charge in [0.25, 0.3) is 5.56 Å². The third-order valence-corrected chi connectivity index (χ3v) is 5.72. The molecule has 3 aromatic rings. The number of H-pyrrole nitrogens is 1. The zero-order valence-electron chi connectivity index (χ0n) is 18.4. The number of hydrogen-bond donors (Lipinski definition) is 1. The number of aromatic nitrogens is 3. The molecule has 8 nitrogen and oxygen atoms in total. The summed E-state index contributed by atoms with van der Waals surface area (Å²) in [5.74, 6) is 1.28. The van der Waals surface area contributed by atoms with E-state index in [9.17, 15) is 9.59 Å². The zero-order chi connectivity index (χ0) is 22.5. The molecule has 0 atom stereocenters. The largest absolute Gasteiger partial charge is 0.497 e. The second kappa shape index (κ2) is 9.64. The van der Waals surface area contributed by atoms with Crippen molar-refractivity contribution in [2.75, 3.05) is 38.2 Å². The Bertz CT molecular complexity index is 1130. The molecule has 1 amide bonds. The second-order valence-electron chi connectivity index (χ2n) is 7.88. The first kappa shape index (κ1) is 21.5. The van der Waals surface area contributed by atoms with Gasteiger partial charge in [-0.1, -0.05) is 35.9 Å². The molecule has 0 aliphatic carbocycles. The van der Waals surface area contributed by atoms with Crippen molar-refractivity contribution in [3.05, 3.63) is 70.1 Å². The summed E-state index contributed by atoms with van der Waals surface area (Å²) in [6, 6.07) is 15.6. The van der Waals surface area contributed by atoms with Gasteiger partial charge in [-0.25, -0.2) is 0 Å². The molecular formula is C24H27N5O3. The predicted octanol–water partition coefficient (Wildman–Crippen LogP) is 2.43. The molecule has 0 bridgehead atoms. The van der Waals surface area contributed by atoms with Crippen LogP contribution in [0.3, 0.4) is 0 Å². The third-order valence-electron chi connectivity index (χ3n) is 5.72. The van der Waals surface area contributed by atoms with E-state index in [0.717, 1.165) is 35.7 Å². The summed E-state index contributed by atoms with van der Waals surface area (Å²) in [6.45, 7) is 4.79. The van der Waals surface area contributed by atoms with Crippen molar-refractivity contribution in [1.29, 1.82) is 0 Å². The van der Waals surface area contributed by atoms with E-state index in [0.29, 0.717) is 18.9 Å². The number of nitrogens with zero attached hydrogens (tertiary/aromatic N) is 4. The van der Waals surface area contributed by atoms with Crippen molar-refractivity contribution in [3.63, 3.8) is 0 Å². The summed E-state index contributed by atoms with van der Waals surface area (Å²) in [5, 5.41) is 8.22. The number of aromatic amines is 1. The standard InChI is InChI=1S/C24H27N5O3/c1-17-6-8-18(9-7-17)23-25-24(31)21(26-27-23)10-11-22(30)29-14-12-28(13-15-29)19-4-3-5-20(16-19)32-2/h3-9,16H,10-15H2,1-2H3,(H,25,27,31). The van der Waals surface area contributed by atoms with Crippen LogP contribution in [0.5, 0.6) is 5.75 Å². The first-order chi connectivity index (χ1) is 15.5. The quantitative estimate of drug-likeness (QED) is 0.642. The molecule has 32 heavy (non-hydrogen) atoms. The van der Waals surface area contributed by atoms with E-state index >= 15 is 0 Å². The Morgan fingerprint density at radius 2 is 1.81 bits per heavy atom. The Hall–Kier alpha value is -3.68. The minimum absolute atomic E-state index is 0.0269. The maximum atomic E-state index is 12.7. The van der Waals surface area contributed by atoms with E-state index in [1.807, 2.05) is 60.4 Å². The predicted molar refractivity (Wildman–Crippen MR) is 123 cm³/mol. The molecule has 1 aromatic heterocycles. The molecular weight excluding hydrogens is 406 g/mol. The summed E-state index contributed by atoms with van der Waals surface area (Å²) in [6.07, 6.45) is 0.506. The number of nitrogens with one attached hydrogen (secondary N) is 1. The van der Waals surface area contributed by atoms with Gasteiger partial charge in [-0.2, -0.15) is 0 Å². The average molecular weight is 434 g/mol. The molecule has 0 radical (unpaired) electrons. The fourth-order valence-electron chi connectivity index (χ4n) is 3.77. The van der Waals surface area contributed by atoms with Gasteiger partial charge in [0.15, 0.2) is 5.82 Å². The van der Waals surface area contributed by atoms with Crippen LogP contribution in [0.1, 0.15) is 17.7 Å². The fourth-order valence-corrected chi connectivity index (χ4v) is 3.77. The molecule has 1 saturated heterocycles. The lowest BCUT2D eigenvalue weighted by atomic mass is 10.1. The van der Waals surface area contributed by atoms with Crippen molar-refractivity contribution in [2.24, 2.45) is 0 Å². The van der Waals surface area contributed by atoms with Gasteiger partial charge in [-0.3, -0.25) is 9.59 Å². The number of carbonyl (C=O) groups excluding carboxylic acids is 1. The van der Waals surface area contributed by atoms with E-state index in [-0.39, 0.29) is 30.0 Å². The van der Waals surface area contributed by atoms with Crippen LogP contribution in [-0.4, -0.2) is 59.3 Å². The first-order valence-corrected chi connectivity index (χ1v) is 10.7. The van der Waals surface area contributed by atoms with Crippen LogP contribution in [0, 0.1) is 6.92 Å². The van der Waals surface area contributed by atoms with Crippen molar-refractivity contribution in [1.82, 2.24) is 20.1 Å². The zero-order valence-corrected chi connectivity index (χ0v) is 18.4. The highest BCUT2D eigenvalue weighted by Crippen LogP contribution is 2.22. The first-order valence-electron chi connectivity index (χ1n) is 10.7. The van der Waals surface area contributed by atoms with Crippen molar-refractivity contribution >= 4 is 11.6 Å². The Kier molecular flexibility index (Phi) is 6.49. The molecule has 4 rings (SSSR count). The lowest BCUT2D eigenvalue weighted by Crippen LogP contribution is -2.48. The molecule has 1 aliphatic rings. The van der Waals surface area contributed by atoms with Crippen molar-refractivity contribution < 1.29 is 9.53 Å². The number of amides is 1. The summed E-state index contributed by atoms with van der Waals surface area (Å²) >= 11 is 0. The van der Waals surface area contributed by atoms with E-state index in [2.05, 4.69) is 20.1 Å². The van der Waals surface area contributed by atoms with E-state index in [1.54, 1.807) is 7.11 Å². The van der Waals surface area contributed by atoms with Crippen molar-refractivity contribution in [3.8, 4) is 17.1 Å². The van der Waals surface area contributed by atoms with Crippen LogP contribution in [0.15, 0.2) is 53.3 Å². The summed E-state index contributed by atoms with van der Waals surface area (Å²) < 4.78 is 5.30. The van der Waals surface area contributed by atoms with Gasteiger partial charge >= 0.3 is 0 Å². The Labute approximate surface area is 186 Å². The number of hydrogen-bond acceptors (Lipinski definition) is 6. The van der Waals surface area contributed by atoms with Gasteiger partial charge in [0.2, 0.25) is 5.91 Å². The van der Waals surface area contributed by atoms with Crippen LogP contribution in [0.4, 0.5) is 5.69 Å². The lowest BCUT2D eigenvalue weighted by molar-refractivity contribution is -0.131. The monoisotopic (exact) mass is 433 g/mol. The Balaban J connectivity index is 1.31. The molecule has 1 aliphatic heterocycles. The minimum atomic E-state index is -0.300. The second-order valence-corrected chi connectivity index (χ2v) is 7.88. The highest BCUT2D eigenvalue weighted by Gasteiger charge is 2.22. The van der Waals surface area contributed by atoms with Gasteiger partial charge < -0.3 is 19.5 Å². The summed E-state index contributed by atoms with van der Waals surface area (Å²) in [4.78, 5) is 32.0. The van der Waals surface area contributed by atoms with E-state index in [4.69, 9.17) is 4.74 Å². The van der Waals surface area contributed by atoms with E-state index in [1.165, 1.54) is 0 Å². The summed E-state index contributed by atoms with van der Waals surface area (Å²) in [7, 11) is 1.65. The number of piperazine rings is 1. The van der Waals surface area contributed by atoms with Gasteiger partial charge in [0.05, 0.1) is 7.11 Å². The number of rotatable bonds is 6. The normalized spacial score (nSPS) is 13.8. The van der Waals surface area contributed by atoms with Gasteiger partial charge in [0, 0.05) is 56.3 Å². The number of methoxy groups -OCH3 is 1. The fraction of sp³-hybridized carbons (Fsp3) is 0.333. The Morgan fingerprint density at radius 3 is 2.50 bits per heavy atom. The molecule has 0 spiro atoms. The minimum Gasteiger partial charge on any atom is -0.497 e. The van der Waals surface area contributed by atoms with Crippen molar-refractivity contribution in [2.45, 2.75) is 19.8 Å². The number of benzene rings is 2. The number of aryl methyl sites for hydroxylation is 2. The number of ether oxygens (including phenoxy) is 1. The summed E-state index contributed by atoms with van der Waals surface area (Å²) in [5.41, 5.74) is 3.00. The van der Waals surface area contributed by atoms with Gasteiger partial charge in [-0.15, -0.1) is 10.2 Å². The van der Waals surface area contributed by atoms with Crippen LogP contribution < -0.4 is 15.2 Å². The lowest BCUT2D eigenvalue weighted by Gasteiger charge is -2.36. The maximum absolute atomic E-state index is 12.7. The third kappa shape index (κ3) is 4.96. The van der Waals surface area contributed by atoms with Crippen LogP contribution >= 0.6 is 0 Å². The van der Waals surface area contributed by atoms with Crippen LogP contribution in [-0.2, 0) is 11.2 Å². The maximum Gasteiger partial charge on any atom is 0.273 e. The van der Waals surface area contributed by atoms with E-state index < -0.39 is 0 Å². The molecule has 0 unspecified atom stereocenters. The highest BCUT2D eigenvalue weighted by atomic mass is 16.5. The van der Waals surface area contributed by atoms with Crippen LogP contribution in [0.2, 0.25) is 0 Å². The molecule has 1 N–H and O–H groups in total. The molecule has 166 valence electrons. The Morgan fingerprint density at radius 1 is 1.06 bits per heavy atom. The highest BCUT2D eigenvalue weighted by molar-refractivity contribution is 5.76. The van der Waals surface area contributed by atoms with Crippen LogP contribution in [0.25, 0.3) is 11.4 Å². The molecule has 1 fully saturated rings. The molecule has 8 heteroatoms. The average Bonchev–Trinajstić information content (AvgIpc) is 2.83. The molecule has 2 aromatic carbocycles. The van der Waals surface area contributed by atoms with Gasteiger partial charge in [0.1, 0.15) is 11.4 Å². The van der Waals surface area contributed by atoms with Gasteiger partial charge in [-0.05, 0) is 19.1 Å².